The van der Waals surface area contributed by atoms with Crippen molar-refractivity contribution in [2.75, 3.05) is 0 Å². The molecular weight excluding hydrogens is 212 g/mol. The number of ketones is 1. The fraction of sp³-hybridized carbons (Fsp3) is 0.933. The molecule has 0 saturated heterocycles. The van der Waals surface area contributed by atoms with Crippen molar-refractivity contribution in [3.8, 4) is 0 Å². The third kappa shape index (κ3) is 2.29. The second-order valence-corrected chi connectivity index (χ2v) is 6.17. The highest BCUT2D eigenvalue weighted by atomic mass is 16.3. The maximum absolute atomic E-state index is 11.9. The number of Topliss-reactive ketones (excluding diaryl/α,β-unsaturated/α-hetero) is 1. The van der Waals surface area contributed by atoms with Gasteiger partial charge in [0, 0.05) is 12.3 Å². The van der Waals surface area contributed by atoms with E-state index < -0.39 is 5.60 Å². The van der Waals surface area contributed by atoms with Gasteiger partial charge in [0.05, 0.1) is 5.60 Å². The Morgan fingerprint density at radius 3 is 2.94 bits per heavy atom. The van der Waals surface area contributed by atoms with E-state index in [4.69, 9.17) is 0 Å². The van der Waals surface area contributed by atoms with Crippen molar-refractivity contribution < 1.29 is 9.90 Å². The Bertz CT molecular complexity index is 287. The zero-order chi connectivity index (χ0) is 12.5. The SMILES string of the molecule is CCCC[C@H](C)[C@H]1CC[C@H]2C(=O)CCC[C@]12O. The zero-order valence-electron chi connectivity index (χ0n) is 11.2. The summed E-state index contributed by atoms with van der Waals surface area (Å²) < 4.78 is 0. The molecule has 0 aromatic rings. The molecule has 2 heteroatoms. The Balaban J connectivity index is 2.07. The van der Waals surface area contributed by atoms with Crippen molar-refractivity contribution in [3.05, 3.63) is 0 Å². The molecule has 0 aromatic heterocycles. The lowest BCUT2D eigenvalue weighted by Gasteiger charge is -2.40. The first kappa shape index (κ1) is 13.1. The Morgan fingerprint density at radius 2 is 2.24 bits per heavy atom. The van der Waals surface area contributed by atoms with Crippen molar-refractivity contribution in [1.29, 1.82) is 0 Å². The third-order valence-electron chi connectivity index (χ3n) is 5.10. The summed E-state index contributed by atoms with van der Waals surface area (Å²) in [6, 6.07) is 0. The monoisotopic (exact) mass is 238 g/mol. The number of rotatable bonds is 4. The molecule has 17 heavy (non-hydrogen) atoms. The molecule has 2 aliphatic rings. The van der Waals surface area contributed by atoms with E-state index in [-0.39, 0.29) is 5.92 Å². The van der Waals surface area contributed by atoms with Crippen LogP contribution in [0.25, 0.3) is 0 Å². The van der Waals surface area contributed by atoms with Crippen LogP contribution >= 0.6 is 0 Å². The Labute approximate surface area is 105 Å². The molecule has 2 rings (SSSR count). The number of aliphatic hydroxyl groups is 1. The van der Waals surface area contributed by atoms with Crippen molar-refractivity contribution >= 4 is 5.78 Å². The molecule has 0 amide bonds. The highest BCUT2D eigenvalue weighted by molar-refractivity contribution is 5.83. The predicted molar refractivity (Wildman–Crippen MR) is 68.7 cm³/mol. The summed E-state index contributed by atoms with van der Waals surface area (Å²) in [5.41, 5.74) is -0.650. The molecule has 0 spiro atoms. The highest BCUT2D eigenvalue weighted by Gasteiger charge is 2.54. The average molecular weight is 238 g/mol. The molecule has 98 valence electrons. The molecule has 0 unspecified atom stereocenters. The number of hydrogen-bond donors (Lipinski definition) is 1. The first-order chi connectivity index (χ1) is 8.09. The Morgan fingerprint density at radius 1 is 1.47 bits per heavy atom. The largest absolute Gasteiger partial charge is 0.389 e. The number of fused-ring (bicyclic) bond motifs is 1. The van der Waals surface area contributed by atoms with Gasteiger partial charge in [0.2, 0.25) is 0 Å². The fourth-order valence-electron chi connectivity index (χ4n) is 4.13. The van der Waals surface area contributed by atoms with Crippen LogP contribution in [-0.4, -0.2) is 16.5 Å². The van der Waals surface area contributed by atoms with Crippen molar-refractivity contribution in [2.45, 2.75) is 70.8 Å². The summed E-state index contributed by atoms with van der Waals surface area (Å²) in [6.45, 7) is 4.47. The molecule has 4 atom stereocenters. The molecule has 2 nitrogen and oxygen atoms in total. The van der Waals surface area contributed by atoms with Crippen LogP contribution in [0.3, 0.4) is 0 Å². The smallest absolute Gasteiger partial charge is 0.138 e. The van der Waals surface area contributed by atoms with Gasteiger partial charge in [0.25, 0.3) is 0 Å². The van der Waals surface area contributed by atoms with Crippen LogP contribution in [0.1, 0.15) is 65.2 Å². The van der Waals surface area contributed by atoms with Gasteiger partial charge in [0.15, 0.2) is 0 Å². The average Bonchev–Trinajstić information content (AvgIpc) is 2.64. The molecule has 2 aliphatic carbocycles. The van der Waals surface area contributed by atoms with E-state index in [2.05, 4.69) is 13.8 Å². The summed E-state index contributed by atoms with van der Waals surface area (Å²) in [5, 5.41) is 10.9. The summed E-state index contributed by atoms with van der Waals surface area (Å²) in [7, 11) is 0. The Kier molecular flexibility index (Phi) is 3.92. The quantitative estimate of drug-likeness (QED) is 0.815. The van der Waals surface area contributed by atoms with Crippen LogP contribution in [0.5, 0.6) is 0 Å². The van der Waals surface area contributed by atoms with Gasteiger partial charge in [-0.15, -0.1) is 0 Å². The summed E-state index contributed by atoms with van der Waals surface area (Å²) in [6.07, 6.45) is 8.08. The third-order valence-corrected chi connectivity index (χ3v) is 5.10. The molecule has 1 N–H and O–H groups in total. The number of hydrogen-bond acceptors (Lipinski definition) is 2. The van der Waals surface area contributed by atoms with E-state index in [1.165, 1.54) is 19.3 Å². The Hall–Kier alpha value is -0.370. The van der Waals surface area contributed by atoms with Gasteiger partial charge >= 0.3 is 0 Å². The van der Waals surface area contributed by atoms with Gasteiger partial charge < -0.3 is 5.11 Å². The van der Waals surface area contributed by atoms with E-state index in [0.29, 0.717) is 24.0 Å². The van der Waals surface area contributed by atoms with E-state index in [9.17, 15) is 9.90 Å². The minimum absolute atomic E-state index is 0.0367. The summed E-state index contributed by atoms with van der Waals surface area (Å²) in [5.74, 6) is 1.22. The van der Waals surface area contributed by atoms with E-state index in [1.54, 1.807) is 0 Å². The molecule has 2 saturated carbocycles. The van der Waals surface area contributed by atoms with E-state index >= 15 is 0 Å². The van der Waals surface area contributed by atoms with Crippen LogP contribution in [0.4, 0.5) is 0 Å². The van der Waals surface area contributed by atoms with Crippen molar-refractivity contribution in [1.82, 2.24) is 0 Å². The van der Waals surface area contributed by atoms with Crippen molar-refractivity contribution in [3.63, 3.8) is 0 Å². The zero-order valence-corrected chi connectivity index (χ0v) is 11.2. The van der Waals surface area contributed by atoms with Gasteiger partial charge in [-0.1, -0.05) is 33.1 Å². The second-order valence-electron chi connectivity index (χ2n) is 6.17. The molecule has 0 bridgehead atoms. The lowest BCUT2D eigenvalue weighted by Crippen LogP contribution is -2.47. The van der Waals surface area contributed by atoms with Crippen LogP contribution < -0.4 is 0 Å². The number of carbonyl (C=O) groups excluding carboxylic acids is 1. The topological polar surface area (TPSA) is 37.3 Å². The first-order valence-corrected chi connectivity index (χ1v) is 7.34. The van der Waals surface area contributed by atoms with Gasteiger partial charge in [0.1, 0.15) is 5.78 Å². The molecular formula is C15H26O2. The lowest BCUT2D eigenvalue weighted by atomic mass is 9.69. The minimum Gasteiger partial charge on any atom is -0.389 e. The molecule has 0 radical (unpaired) electrons. The molecule has 0 aliphatic heterocycles. The molecule has 0 heterocycles. The van der Waals surface area contributed by atoms with Gasteiger partial charge in [-0.2, -0.15) is 0 Å². The summed E-state index contributed by atoms with van der Waals surface area (Å²) >= 11 is 0. The number of carbonyl (C=O) groups is 1. The maximum atomic E-state index is 11.9. The highest BCUT2D eigenvalue weighted by Crippen LogP contribution is 2.51. The standard InChI is InChI=1S/C15H26O2/c1-3-4-6-11(2)12-8-9-13-14(16)7-5-10-15(12,13)17/h11-13,17H,3-10H2,1-2H3/t11-,12+,13-,15-/m0/s1. The number of unbranched alkanes of at least 4 members (excludes halogenated alkanes) is 1. The lowest BCUT2D eigenvalue weighted by molar-refractivity contribution is -0.140. The van der Waals surface area contributed by atoms with Crippen LogP contribution in [0, 0.1) is 17.8 Å². The van der Waals surface area contributed by atoms with Crippen LogP contribution in [0.2, 0.25) is 0 Å². The maximum Gasteiger partial charge on any atom is 0.138 e. The van der Waals surface area contributed by atoms with Crippen LogP contribution in [-0.2, 0) is 4.79 Å². The molecule has 2 fully saturated rings. The van der Waals surface area contributed by atoms with E-state index in [0.717, 1.165) is 25.7 Å². The normalized spacial score (nSPS) is 39.1. The minimum atomic E-state index is -0.650. The van der Waals surface area contributed by atoms with Gasteiger partial charge in [-0.05, 0) is 37.5 Å². The van der Waals surface area contributed by atoms with Gasteiger partial charge in [-0.25, -0.2) is 0 Å². The second kappa shape index (κ2) is 5.09. The summed E-state index contributed by atoms with van der Waals surface area (Å²) in [4.78, 5) is 11.9. The van der Waals surface area contributed by atoms with E-state index in [1.807, 2.05) is 0 Å². The molecule has 0 aromatic carbocycles. The fourth-order valence-corrected chi connectivity index (χ4v) is 4.13. The predicted octanol–water partition coefficient (Wildman–Crippen LogP) is 3.32. The van der Waals surface area contributed by atoms with Crippen LogP contribution in [0.15, 0.2) is 0 Å². The first-order valence-electron chi connectivity index (χ1n) is 7.34. The van der Waals surface area contributed by atoms with Crippen molar-refractivity contribution in [2.24, 2.45) is 17.8 Å². The van der Waals surface area contributed by atoms with Gasteiger partial charge in [-0.3, -0.25) is 4.79 Å².